The molecule has 18 heavy (non-hydrogen) atoms. The van der Waals surface area contributed by atoms with Crippen LogP contribution in [0.1, 0.15) is 18.6 Å². The third-order valence-corrected chi connectivity index (χ3v) is 3.11. The van der Waals surface area contributed by atoms with Gasteiger partial charge in [0, 0.05) is 12.7 Å². The third-order valence-electron chi connectivity index (χ3n) is 2.20. The minimum atomic E-state index is -1.94. The monoisotopic (exact) mass is 280 g/mol. The first-order valence-electron chi connectivity index (χ1n) is 4.97. The van der Waals surface area contributed by atoms with Gasteiger partial charge in [-0.05, 0) is 12.1 Å². The Labute approximate surface area is 106 Å². The molecule has 0 radical (unpaired) electrons. The lowest BCUT2D eigenvalue weighted by Crippen LogP contribution is -2.23. The molecule has 0 heterocycles. The Balaban J connectivity index is 2.92. The van der Waals surface area contributed by atoms with Crippen LogP contribution in [-0.2, 0) is 4.79 Å². The van der Waals surface area contributed by atoms with Gasteiger partial charge in [-0.15, -0.1) is 0 Å². The molecule has 1 rings (SSSR count). The van der Waals surface area contributed by atoms with E-state index in [1.54, 1.807) is 0 Å². The molecule has 0 aliphatic rings. The van der Waals surface area contributed by atoms with Crippen molar-refractivity contribution < 1.29 is 28.2 Å². The fraction of sp³-hybridized carbons (Fsp3) is 0.364. The van der Waals surface area contributed by atoms with Crippen molar-refractivity contribution in [3.8, 4) is 0 Å². The highest BCUT2D eigenvalue weighted by Crippen LogP contribution is 2.26. The summed E-state index contributed by atoms with van der Waals surface area (Å²) in [6.45, 7) is 1.24. The third kappa shape index (κ3) is 3.47. The van der Waals surface area contributed by atoms with E-state index in [0.717, 1.165) is 0 Å². The summed E-state index contributed by atoms with van der Waals surface area (Å²) < 4.78 is 39.5. The van der Waals surface area contributed by atoms with Gasteiger partial charge in [0.15, 0.2) is 16.7 Å². The van der Waals surface area contributed by atoms with E-state index in [9.17, 15) is 28.2 Å². The van der Waals surface area contributed by atoms with Gasteiger partial charge in [0.05, 0.1) is 11.7 Å². The summed E-state index contributed by atoms with van der Waals surface area (Å²) in [7, 11) is 0. The van der Waals surface area contributed by atoms with Crippen LogP contribution >= 0.6 is 11.8 Å². The van der Waals surface area contributed by atoms with E-state index in [2.05, 4.69) is 0 Å². The number of hydrogen-bond donors (Lipinski definition) is 2. The largest absolute Gasteiger partial charge is 0.389 e. The average Bonchev–Trinajstić information content (AvgIpc) is 2.31. The standard InChI is InChI=1S/C11H11F3O3S/c1-5(15)18-4-8(16)11(17)9-6(12)2-3-7(13)10(9)14/h2-3,8,11,16-17H,4H2,1H3. The molecule has 0 aromatic heterocycles. The number of carbonyl (C=O) groups is 1. The molecule has 0 spiro atoms. The summed E-state index contributed by atoms with van der Waals surface area (Å²) in [5.41, 5.74) is -0.938. The molecule has 0 saturated heterocycles. The zero-order chi connectivity index (χ0) is 13.9. The van der Waals surface area contributed by atoms with Crippen molar-refractivity contribution in [2.75, 3.05) is 5.75 Å². The SMILES string of the molecule is CC(=O)SCC(O)C(O)c1c(F)ccc(F)c1F. The van der Waals surface area contributed by atoms with E-state index in [1.807, 2.05) is 0 Å². The Bertz CT molecular complexity index is 453. The van der Waals surface area contributed by atoms with Gasteiger partial charge >= 0.3 is 0 Å². The zero-order valence-electron chi connectivity index (χ0n) is 9.36. The highest BCUT2D eigenvalue weighted by Gasteiger charge is 2.27. The topological polar surface area (TPSA) is 57.5 Å². The van der Waals surface area contributed by atoms with Crippen molar-refractivity contribution in [2.45, 2.75) is 19.1 Å². The van der Waals surface area contributed by atoms with Crippen LogP contribution in [0.4, 0.5) is 13.2 Å². The van der Waals surface area contributed by atoms with Gasteiger partial charge in [-0.1, -0.05) is 11.8 Å². The molecule has 0 bridgehead atoms. The van der Waals surface area contributed by atoms with Crippen LogP contribution in [0.15, 0.2) is 12.1 Å². The molecule has 1 aromatic rings. The summed E-state index contributed by atoms with van der Waals surface area (Å²) >= 11 is 0.691. The van der Waals surface area contributed by atoms with E-state index in [0.29, 0.717) is 23.9 Å². The Hall–Kier alpha value is -1.05. The lowest BCUT2D eigenvalue weighted by Gasteiger charge is -2.18. The van der Waals surface area contributed by atoms with Gasteiger partial charge < -0.3 is 10.2 Å². The molecule has 2 unspecified atom stereocenters. The van der Waals surface area contributed by atoms with Gasteiger partial charge in [0.1, 0.15) is 11.9 Å². The van der Waals surface area contributed by atoms with E-state index in [4.69, 9.17) is 0 Å². The second kappa shape index (κ2) is 6.21. The Kier molecular flexibility index (Phi) is 5.18. The molecular weight excluding hydrogens is 269 g/mol. The minimum absolute atomic E-state index is 0.244. The number of carbonyl (C=O) groups excluding carboxylic acids is 1. The molecule has 0 aliphatic carbocycles. The first-order valence-corrected chi connectivity index (χ1v) is 5.96. The predicted molar refractivity (Wildman–Crippen MR) is 60.4 cm³/mol. The van der Waals surface area contributed by atoms with Crippen LogP contribution in [0.25, 0.3) is 0 Å². The minimum Gasteiger partial charge on any atom is -0.389 e. The molecule has 2 atom stereocenters. The van der Waals surface area contributed by atoms with Gasteiger partial charge in [-0.25, -0.2) is 13.2 Å². The van der Waals surface area contributed by atoms with Crippen molar-refractivity contribution in [3.63, 3.8) is 0 Å². The Morgan fingerprint density at radius 2 is 1.83 bits per heavy atom. The summed E-state index contributed by atoms with van der Waals surface area (Å²) in [5.74, 6) is -4.27. The molecule has 0 amide bonds. The first-order chi connectivity index (χ1) is 8.34. The molecule has 7 heteroatoms. The first kappa shape index (κ1) is 15.0. The van der Waals surface area contributed by atoms with Gasteiger partial charge in [0.2, 0.25) is 0 Å². The highest BCUT2D eigenvalue weighted by atomic mass is 32.2. The number of hydrogen-bond acceptors (Lipinski definition) is 4. The molecule has 0 fully saturated rings. The highest BCUT2D eigenvalue weighted by molar-refractivity contribution is 8.13. The molecule has 100 valence electrons. The smallest absolute Gasteiger partial charge is 0.185 e. The van der Waals surface area contributed by atoms with Crippen LogP contribution in [0.5, 0.6) is 0 Å². The maximum Gasteiger partial charge on any atom is 0.185 e. The van der Waals surface area contributed by atoms with Crippen LogP contribution in [0.2, 0.25) is 0 Å². The van der Waals surface area contributed by atoms with Crippen LogP contribution in [-0.4, -0.2) is 27.2 Å². The lowest BCUT2D eigenvalue weighted by atomic mass is 10.0. The Morgan fingerprint density at radius 1 is 1.28 bits per heavy atom. The van der Waals surface area contributed by atoms with Crippen molar-refractivity contribution in [2.24, 2.45) is 0 Å². The summed E-state index contributed by atoms with van der Waals surface area (Å²) in [4.78, 5) is 10.7. The summed E-state index contributed by atoms with van der Waals surface area (Å²) in [6, 6.07) is 1.24. The molecular formula is C11H11F3O3S. The van der Waals surface area contributed by atoms with E-state index < -0.39 is 35.2 Å². The molecule has 2 N–H and O–H groups in total. The molecule has 0 saturated carbocycles. The summed E-state index contributed by atoms with van der Waals surface area (Å²) in [5, 5.41) is 18.7. The normalized spacial score (nSPS) is 14.3. The fourth-order valence-corrected chi connectivity index (χ4v) is 1.89. The lowest BCUT2D eigenvalue weighted by molar-refractivity contribution is -0.109. The van der Waals surface area contributed by atoms with Crippen molar-refractivity contribution >= 4 is 16.9 Å². The van der Waals surface area contributed by atoms with Gasteiger partial charge in [-0.2, -0.15) is 0 Å². The second-order valence-electron chi connectivity index (χ2n) is 3.57. The maximum atomic E-state index is 13.3. The number of benzene rings is 1. The number of aliphatic hydroxyl groups excluding tert-OH is 2. The van der Waals surface area contributed by atoms with E-state index >= 15 is 0 Å². The molecule has 0 aliphatic heterocycles. The fourth-order valence-electron chi connectivity index (χ4n) is 1.30. The van der Waals surface area contributed by atoms with Crippen LogP contribution in [0.3, 0.4) is 0 Å². The molecule has 1 aromatic carbocycles. The van der Waals surface area contributed by atoms with Crippen LogP contribution in [0, 0.1) is 17.5 Å². The predicted octanol–water partition coefficient (Wildman–Crippen LogP) is 1.78. The summed E-state index contributed by atoms with van der Waals surface area (Å²) in [6.07, 6.45) is -3.52. The molecule has 3 nitrogen and oxygen atoms in total. The van der Waals surface area contributed by atoms with Gasteiger partial charge in [0.25, 0.3) is 0 Å². The van der Waals surface area contributed by atoms with E-state index in [-0.39, 0.29) is 10.9 Å². The number of halogens is 3. The van der Waals surface area contributed by atoms with Crippen molar-refractivity contribution in [1.82, 2.24) is 0 Å². The van der Waals surface area contributed by atoms with E-state index in [1.165, 1.54) is 6.92 Å². The average molecular weight is 280 g/mol. The van der Waals surface area contributed by atoms with Crippen molar-refractivity contribution in [1.29, 1.82) is 0 Å². The second-order valence-corrected chi connectivity index (χ2v) is 4.77. The number of aliphatic hydroxyl groups is 2. The zero-order valence-corrected chi connectivity index (χ0v) is 10.2. The number of thioether (sulfide) groups is 1. The maximum absolute atomic E-state index is 13.3. The van der Waals surface area contributed by atoms with Crippen LogP contribution < -0.4 is 0 Å². The quantitative estimate of drug-likeness (QED) is 0.825. The number of rotatable bonds is 4. The Morgan fingerprint density at radius 3 is 2.39 bits per heavy atom. The van der Waals surface area contributed by atoms with Gasteiger partial charge in [-0.3, -0.25) is 4.79 Å². The van der Waals surface area contributed by atoms with Crippen molar-refractivity contribution in [3.05, 3.63) is 35.1 Å².